The number of oxazole rings is 1. The van der Waals surface area contributed by atoms with E-state index < -0.39 is 16.1 Å². The molecule has 0 fully saturated rings. The first-order chi connectivity index (χ1) is 11.4. The highest BCUT2D eigenvalue weighted by Gasteiger charge is 2.35. The van der Waals surface area contributed by atoms with E-state index in [0.717, 1.165) is 10.2 Å². The van der Waals surface area contributed by atoms with Gasteiger partial charge in [-0.2, -0.15) is 4.31 Å². The average Bonchev–Trinajstić information content (AvgIpc) is 2.97. The maximum atomic E-state index is 13.0. The lowest BCUT2D eigenvalue weighted by Crippen LogP contribution is -2.34. The number of rotatable bonds is 5. The fourth-order valence-corrected chi connectivity index (χ4v) is 4.26. The van der Waals surface area contributed by atoms with Gasteiger partial charge in [-0.15, -0.1) is 0 Å². The molecule has 0 spiro atoms. The second-order valence-corrected chi connectivity index (χ2v) is 10.4. The molecule has 7 heteroatoms. The second-order valence-electron chi connectivity index (χ2n) is 7.48. The minimum absolute atomic E-state index is 0.00157. The average molecular weight is 429 g/mol. The number of nitrogens with zero attached hydrogens (tertiary/aromatic N) is 2. The van der Waals surface area contributed by atoms with Crippen LogP contribution in [0.15, 0.2) is 44.2 Å². The normalized spacial score (nSPS) is 14.3. The monoisotopic (exact) mass is 428 g/mol. The highest BCUT2D eigenvalue weighted by molar-refractivity contribution is 9.10. The van der Waals surface area contributed by atoms with Crippen LogP contribution in [0.1, 0.15) is 52.3 Å². The van der Waals surface area contributed by atoms with E-state index in [1.807, 2.05) is 34.6 Å². The summed E-state index contributed by atoms with van der Waals surface area (Å²) in [5.41, 5.74) is -0.185. The van der Waals surface area contributed by atoms with Crippen molar-refractivity contribution in [3.05, 3.63) is 46.6 Å². The van der Waals surface area contributed by atoms with E-state index >= 15 is 0 Å². The van der Waals surface area contributed by atoms with Gasteiger partial charge in [-0.1, -0.05) is 50.5 Å². The molecule has 0 amide bonds. The van der Waals surface area contributed by atoms with E-state index in [0.29, 0.717) is 5.89 Å². The third-order valence-corrected chi connectivity index (χ3v) is 6.41. The highest BCUT2D eigenvalue weighted by atomic mass is 79.9. The largest absolute Gasteiger partial charge is 0.443 e. The van der Waals surface area contributed by atoms with Gasteiger partial charge in [0.1, 0.15) is 11.8 Å². The van der Waals surface area contributed by atoms with Crippen molar-refractivity contribution in [3.63, 3.8) is 0 Å². The first kappa shape index (κ1) is 20.1. The van der Waals surface area contributed by atoms with Crippen LogP contribution in [0, 0.1) is 5.92 Å². The van der Waals surface area contributed by atoms with Gasteiger partial charge >= 0.3 is 0 Å². The van der Waals surface area contributed by atoms with Crippen molar-refractivity contribution in [2.75, 3.05) is 7.05 Å². The first-order valence-corrected chi connectivity index (χ1v) is 10.4. The lowest BCUT2D eigenvalue weighted by atomic mass is 9.94. The van der Waals surface area contributed by atoms with Crippen molar-refractivity contribution in [3.8, 4) is 0 Å². The van der Waals surface area contributed by atoms with Crippen molar-refractivity contribution < 1.29 is 12.8 Å². The molecule has 1 atom stereocenters. The summed E-state index contributed by atoms with van der Waals surface area (Å²) in [7, 11) is -2.09. The van der Waals surface area contributed by atoms with Crippen LogP contribution in [0.25, 0.3) is 0 Å². The van der Waals surface area contributed by atoms with E-state index in [1.54, 1.807) is 37.5 Å². The van der Waals surface area contributed by atoms with Crippen molar-refractivity contribution in [1.29, 1.82) is 0 Å². The molecule has 25 heavy (non-hydrogen) atoms. The fourth-order valence-electron chi connectivity index (χ4n) is 2.55. The van der Waals surface area contributed by atoms with Crippen LogP contribution in [-0.2, 0) is 15.4 Å². The fraction of sp³-hybridized carbons (Fsp3) is 0.500. The molecule has 0 N–H and O–H groups in total. The lowest BCUT2D eigenvalue weighted by molar-refractivity contribution is 0.237. The lowest BCUT2D eigenvalue weighted by Gasteiger charge is -2.28. The molecule has 0 aliphatic heterocycles. The Bertz CT molecular complexity index is 821. The topological polar surface area (TPSA) is 63.4 Å². The van der Waals surface area contributed by atoms with Gasteiger partial charge in [0.25, 0.3) is 0 Å². The van der Waals surface area contributed by atoms with Gasteiger partial charge < -0.3 is 4.42 Å². The van der Waals surface area contributed by atoms with E-state index in [9.17, 15) is 8.42 Å². The minimum Gasteiger partial charge on any atom is -0.443 e. The molecule has 1 aromatic heterocycles. The van der Waals surface area contributed by atoms with Crippen LogP contribution in [0.5, 0.6) is 0 Å². The minimum atomic E-state index is -3.66. The summed E-state index contributed by atoms with van der Waals surface area (Å²) < 4.78 is 34.1. The predicted octanol–water partition coefficient (Wildman–Crippen LogP) is 4.75. The van der Waals surface area contributed by atoms with E-state index in [1.165, 1.54) is 4.31 Å². The molecule has 2 aromatic rings. The molecule has 0 aliphatic carbocycles. The molecule has 0 saturated carbocycles. The van der Waals surface area contributed by atoms with Crippen LogP contribution in [-0.4, -0.2) is 24.8 Å². The Kier molecular flexibility index (Phi) is 5.81. The molecule has 138 valence electrons. The summed E-state index contributed by atoms with van der Waals surface area (Å²) in [5.74, 6) is 1.16. The first-order valence-electron chi connectivity index (χ1n) is 8.14. The summed E-state index contributed by atoms with van der Waals surface area (Å²) in [4.78, 5) is 4.61. The Morgan fingerprint density at radius 1 is 1.16 bits per heavy atom. The van der Waals surface area contributed by atoms with Crippen molar-refractivity contribution in [2.24, 2.45) is 5.92 Å². The van der Waals surface area contributed by atoms with Gasteiger partial charge in [0, 0.05) is 16.9 Å². The zero-order valence-corrected chi connectivity index (χ0v) is 17.8. The molecule has 0 aliphatic rings. The van der Waals surface area contributed by atoms with Gasteiger partial charge in [0.05, 0.1) is 11.1 Å². The molecule has 0 bridgehead atoms. The smallest absolute Gasteiger partial charge is 0.243 e. The molecular weight excluding hydrogens is 404 g/mol. The Balaban J connectivity index is 2.43. The molecule has 1 unspecified atom stereocenters. The number of aromatic nitrogens is 1. The molecule has 1 aromatic carbocycles. The SMILES string of the molecule is CC(C)C(c1ncc(C(C)(C)C)o1)N(C)S(=O)(=O)c1ccc(Br)cc1. The predicted molar refractivity (Wildman–Crippen MR) is 102 cm³/mol. The number of benzene rings is 1. The second kappa shape index (κ2) is 7.21. The summed E-state index contributed by atoms with van der Waals surface area (Å²) in [6, 6.07) is 6.12. The van der Waals surface area contributed by atoms with Crippen LogP contribution in [0.4, 0.5) is 0 Å². The Labute approximate surface area is 158 Å². The van der Waals surface area contributed by atoms with Gasteiger partial charge in [-0.3, -0.25) is 0 Å². The number of halogens is 1. The van der Waals surface area contributed by atoms with Crippen LogP contribution >= 0.6 is 15.9 Å². The third kappa shape index (κ3) is 4.33. The summed E-state index contributed by atoms with van der Waals surface area (Å²) >= 11 is 3.33. The zero-order valence-electron chi connectivity index (χ0n) is 15.4. The molecular formula is C18H25BrN2O3S. The van der Waals surface area contributed by atoms with Crippen molar-refractivity contribution in [1.82, 2.24) is 9.29 Å². The quantitative estimate of drug-likeness (QED) is 0.688. The zero-order chi connectivity index (χ0) is 19.0. The maximum absolute atomic E-state index is 13.0. The van der Waals surface area contributed by atoms with Crippen molar-refractivity contribution in [2.45, 2.75) is 51.0 Å². The van der Waals surface area contributed by atoms with Gasteiger partial charge in [0.15, 0.2) is 0 Å². The number of sulfonamides is 1. The van der Waals surface area contributed by atoms with Crippen LogP contribution in [0.3, 0.4) is 0 Å². The molecule has 1 heterocycles. The summed E-state index contributed by atoms with van der Waals surface area (Å²) in [6.45, 7) is 10.0. The Morgan fingerprint density at radius 3 is 2.16 bits per heavy atom. The molecule has 0 saturated heterocycles. The number of hydrogen-bond donors (Lipinski definition) is 0. The van der Waals surface area contributed by atoms with Gasteiger partial charge in [-0.05, 0) is 30.2 Å². The highest BCUT2D eigenvalue weighted by Crippen LogP contribution is 2.34. The van der Waals surface area contributed by atoms with Crippen LogP contribution in [0.2, 0.25) is 0 Å². The standard InChI is InChI=1S/C18H25BrN2O3S/c1-12(2)16(17-20-11-15(24-17)18(3,4)5)21(6)25(22,23)14-9-7-13(19)8-10-14/h7-12,16H,1-6H3. The number of hydrogen-bond acceptors (Lipinski definition) is 4. The Morgan fingerprint density at radius 2 is 1.72 bits per heavy atom. The molecule has 5 nitrogen and oxygen atoms in total. The van der Waals surface area contributed by atoms with E-state index in [-0.39, 0.29) is 16.2 Å². The summed E-state index contributed by atoms with van der Waals surface area (Å²) in [6.07, 6.45) is 1.69. The Hall–Kier alpha value is -1.18. The van der Waals surface area contributed by atoms with Gasteiger partial charge in [-0.25, -0.2) is 13.4 Å². The van der Waals surface area contributed by atoms with E-state index in [4.69, 9.17) is 4.42 Å². The van der Waals surface area contributed by atoms with Crippen LogP contribution < -0.4 is 0 Å². The van der Waals surface area contributed by atoms with Gasteiger partial charge in [0.2, 0.25) is 15.9 Å². The molecule has 0 radical (unpaired) electrons. The third-order valence-electron chi connectivity index (χ3n) is 4.03. The van der Waals surface area contributed by atoms with E-state index in [2.05, 4.69) is 20.9 Å². The van der Waals surface area contributed by atoms with Crippen molar-refractivity contribution >= 4 is 26.0 Å². The maximum Gasteiger partial charge on any atom is 0.243 e. The molecule has 2 rings (SSSR count). The summed E-state index contributed by atoms with van der Waals surface area (Å²) in [5, 5.41) is 0.